The number of allylic oxidation sites excluding steroid dienone is 1. The van der Waals surface area contributed by atoms with E-state index in [1.807, 2.05) is 31.2 Å². The number of nitrogens with zero attached hydrogens (tertiary/aromatic N) is 2. The van der Waals surface area contributed by atoms with Crippen LogP contribution in [0.4, 0.5) is 5.69 Å². The van der Waals surface area contributed by atoms with E-state index in [1.165, 1.54) is 0 Å². The zero-order chi connectivity index (χ0) is 13.9. The molecule has 0 radical (unpaired) electrons. The molecule has 0 saturated carbocycles. The number of fused-ring (bicyclic) bond motifs is 1. The number of ether oxygens (including phenoxy) is 1. The quantitative estimate of drug-likeness (QED) is 0.907. The predicted molar refractivity (Wildman–Crippen MR) is 76.1 cm³/mol. The van der Waals surface area contributed by atoms with Crippen LogP contribution in [0.5, 0.6) is 5.75 Å². The number of rotatable bonds is 2. The number of benzene rings is 1. The van der Waals surface area contributed by atoms with E-state index in [-0.39, 0.29) is 12.5 Å². The highest BCUT2D eigenvalue weighted by Gasteiger charge is 2.15. The zero-order valence-electron chi connectivity index (χ0n) is 11.0. The Balaban J connectivity index is 1.92. The SMILES string of the molecule is CC(=Cc1ccc2c(c1)NC(=O)CO2)c1cnccn1. The Morgan fingerprint density at radius 1 is 1.40 bits per heavy atom. The molecule has 5 heteroatoms. The molecule has 0 saturated heterocycles. The molecule has 0 aliphatic carbocycles. The van der Waals surface area contributed by atoms with Crippen LogP contribution < -0.4 is 10.1 Å². The first kappa shape index (κ1) is 12.3. The van der Waals surface area contributed by atoms with Crippen molar-refractivity contribution in [1.82, 2.24) is 9.97 Å². The van der Waals surface area contributed by atoms with Crippen molar-refractivity contribution in [3.63, 3.8) is 0 Å². The molecule has 1 aromatic heterocycles. The van der Waals surface area contributed by atoms with Crippen molar-refractivity contribution < 1.29 is 9.53 Å². The molecule has 0 spiro atoms. The third kappa shape index (κ3) is 2.51. The number of hydrogen-bond donors (Lipinski definition) is 1. The Bertz CT molecular complexity index is 681. The first-order valence-electron chi connectivity index (χ1n) is 6.24. The third-order valence-corrected chi connectivity index (χ3v) is 2.99. The van der Waals surface area contributed by atoms with Gasteiger partial charge in [-0.15, -0.1) is 0 Å². The van der Waals surface area contributed by atoms with Crippen LogP contribution in [-0.4, -0.2) is 22.5 Å². The molecule has 0 unspecified atom stereocenters. The number of carbonyl (C=O) groups excluding carboxylic acids is 1. The molecule has 3 rings (SSSR count). The minimum Gasteiger partial charge on any atom is -0.482 e. The maximum Gasteiger partial charge on any atom is 0.262 e. The molecule has 100 valence electrons. The normalized spacial score (nSPS) is 14.2. The smallest absolute Gasteiger partial charge is 0.262 e. The van der Waals surface area contributed by atoms with Gasteiger partial charge >= 0.3 is 0 Å². The van der Waals surface area contributed by atoms with E-state index in [0.29, 0.717) is 11.4 Å². The van der Waals surface area contributed by atoms with E-state index in [9.17, 15) is 4.79 Å². The fourth-order valence-corrected chi connectivity index (χ4v) is 2.02. The van der Waals surface area contributed by atoms with Crippen LogP contribution in [0, 0.1) is 0 Å². The van der Waals surface area contributed by atoms with Gasteiger partial charge in [0.05, 0.1) is 17.6 Å². The van der Waals surface area contributed by atoms with Crippen molar-refractivity contribution in [2.24, 2.45) is 0 Å². The Morgan fingerprint density at radius 2 is 2.30 bits per heavy atom. The molecule has 2 aromatic rings. The van der Waals surface area contributed by atoms with E-state index in [2.05, 4.69) is 15.3 Å². The molecule has 1 aliphatic heterocycles. The molecule has 2 heterocycles. The van der Waals surface area contributed by atoms with Crippen molar-refractivity contribution >= 4 is 23.2 Å². The Morgan fingerprint density at radius 3 is 3.10 bits per heavy atom. The van der Waals surface area contributed by atoms with Gasteiger partial charge in [0, 0.05) is 12.4 Å². The highest BCUT2D eigenvalue weighted by molar-refractivity contribution is 5.96. The van der Waals surface area contributed by atoms with Crippen molar-refractivity contribution in [2.75, 3.05) is 11.9 Å². The summed E-state index contributed by atoms with van der Waals surface area (Å²) in [4.78, 5) is 19.6. The Kier molecular flexibility index (Phi) is 3.16. The fourth-order valence-electron chi connectivity index (χ4n) is 2.02. The monoisotopic (exact) mass is 267 g/mol. The summed E-state index contributed by atoms with van der Waals surface area (Å²) in [6, 6.07) is 5.67. The number of aromatic nitrogens is 2. The first-order valence-corrected chi connectivity index (χ1v) is 6.24. The van der Waals surface area contributed by atoms with E-state index < -0.39 is 0 Å². The topological polar surface area (TPSA) is 64.1 Å². The summed E-state index contributed by atoms with van der Waals surface area (Å²) in [6.45, 7) is 2.04. The van der Waals surface area contributed by atoms with Gasteiger partial charge in [-0.2, -0.15) is 0 Å². The summed E-state index contributed by atoms with van der Waals surface area (Å²) in [5.41, 5.74) is 3.49. The fraction of sp³-hybridized carbons (Fsp3) is 0.133. The second kappa shape index (κ2) is 5.13. The van der Waals surface area contributed by atoms with Gasteiger partial charge in [-0.25, -0.2) is 0 Å². The van der Waals surface area contributed by atoms with Gasteiger partial charge in [0.25, 0.3) is 5.91 Å². The second-order valence-electron chi connectivity index (χ2n) is 4.51. The second-order valence-corrected chi connectivity index (χ2v) is 4.51. The summed E-state index contributed by atoms with van der Waals surface area (Å²) < 4.78 is 5.33. The number of amides is 1. The van der Waals surface area contributed by atoms with Crippen LogP contribution >= 0.6 is 0 Å². The summed E-state index contributed by atoms with van der Waals surface area (Å²) in [7, 11) is 0. The molecule has 0 atom stereocenters. The lowest BCUT2D eigenvalue weighted by atomic mass is 10.1. The molecule has 5 nitrogen and oxygen atoms in total. The first-order chi connectivity index (χ1) is 9.72. The lowest BCUT2D eigenvalue weighted by Crippen LogP contribution is -2.25. The number of hydrogen-bond acceptors (Lipinski definition) is 4. The van der Waals surface area contributed by atoms with Crippen LogP contribution in [0.2, 0.25) is 0 Å². The van der Waals surface area contributed by atoms with Gasteiger partial charge in [-0.05, 0) is 36.3 Å². The molecular formula is C15H13N3O2. The average molecular weight is 267 g/mol. The molecule has 0 bridgehead atoms. The molecular weight excluding hydrogens is 254 g/mol. The molecule has 0 fully saturated rings. The number of carbonyl (C=O) groups is 1. The summed E-state index contributed by atoms with van der Waals surface area (Å²) in [5, 5.41) is 2.79. The van der Waals surface area contributed by atoms with Gasteiger partial charge in [0.15, 0.2) is 6.61 Å². The maximum atomic E-state index is 11.3. The summed E-state index contributed by atoms with van der Waals surface area (Å²) in [5.74, 6) is 0.559. The average Bonchev–Trinajstić information content (AvgIpc) is 2.47. The van der Waals surface area contributed by atoms with Gasteiger partial charge < -0.3 is 10.1 Å². The van der Waals surface area contributed by atoms with Crippen LogP contribution in [0.15, 0.2) is 36.8 Å². The van der Waals surface area contributed by atoms with Crippen LogP contribution in [0.3, 0.4) is 0 Å². The van der Waals surface area contributed by atoms with E-state index in [1.54, 1.807) is 18.6 Å². The Labute approximate surface area is 116 Å². The van der Waals surface area contributed by atoms with Crippen molar-refractivity contribution in [2.45, 2.75) is 6.92 Å². The van der Waals surface area contributed by atoms with Crippen molar-refractivity contribution in [3.8, 4) is 5.75 Å². The highest BCUT2D eigenvalue weighted by Crippen LogP contribution is 2.29. The van der Waals surface area contributed by atoms with E-state index in [0.717, 1.165) is 16.8 Å². The lowest BCUT2D eigenvalue weighted by Gasteiger charge is -2.18. The van der Waals surface area contributed by atoms with E-state index in [4.69, 9.17) is 4.74 Å². The van der Waals surface area contributed by atoms with Crippen LogP contribution in [0.1, 0.15) is 18.2 Å². The molecule has 20 heavy (non-hydrogen) atoms. The Hall–Kier alpha value is -2.69. The van der Waals surface area contributed by atoms with Crippen molar-refractivity contribution in [3.05, 3.63) is 48.0 Å². The molecule has 1 amide bonds. The minimum atomic E-state index is -0.135. The van der Waals surface area contributed by atoms with Gasteiger partial charge in [0.2, 0.25) is 0 Å². The summed E-state index contributed by atoms with van der Waals surface area (Å²) >= 11 is 0. The van der Waals surface area contributed by atoms with Crippen LogP contribution in [-0.2, 0) is 4.79 Å². The van der Waals surface area contributed by atoms with Gasteiger partial charge in [-0.1, -0.05) is 6.07 Å². The number of nitrogens with one attached hydrogen (secondary N) is 1. The molecule has 1 N–H and O–H groups in total. The zero-order valence-corrected chi connectivity index (χ0v) is 11.0. The predicted octanol–water partition coefficient (Wildman–Crippen LogP) is 2.37. The molecule has 1 aliphatic rings. The molecule has 1 aromatic carbocycles. The lowest BCUT2D eigenvalue weighted by molar-refractivity contribution is -0.118. The highest BCUT2D eigenvalue weighted by atomic mass is 16.5. The third-order valence-electron chi connectivity index (χ3n) is 2.99. The maximum absolute atomic E-state index is 11.3. The van der Waals surface area contributed by atoms with Crippen LogP contribution in [0.25, 0.3) is 11.6 Å². The van der Waals surface area contributed by atoms with Gasteiger partial charge in [0.1, 0.15) is 5.75 Å². The standard InChI is InChI=1S/C15H13N3O2/c1-10(13-8-16-4-5-17-13)6-11-2-3-14-12(7-11)18-15(19)9-20-14/h2-8H,9H2,1H3,(H,18,19). The minimum absolute atomic E-state index is 0.0703. The largest absolute Gasteiger partial charge is 0.482 e. The van der Waals surface area contributed by atoms with Gasteiger partial charge in [-0.3, -0.25) is 14.8 Å². The van der Waals surface area contributed by atoms with Crippen molar-refractivity contribution in [1.29, 1.82) is 0 Å². The number of anilines is 1. The summed E-state index contributed by atoms with van der Waals surface area (Å²) in [6.07, 6.45) is 7.01. The van der Waals surface area contributed by atoms with E-state index >= 15 is 0 Å².